The van der Waals surface area contributed by atoms with Crippen molar-refractivity contribution in [2.24, 2.45) is 0 Å². The number of hydrogen-bond donors (Lipinski definition) is 1. The van der Waals surface area contributed by atoms with Gasteiger partial charge in [0.25, 0.3) is 0 Å². The van der Waals surface area contributed by atoms with Gasteiger partial charge in [0.1, 0.15) is 11.6 Å². The van der Waals surface area contributed by atoms with Crippen LogP contribution in [0.15, 0.2) is 47.4 Å². The summed E-state index contributed by atoms with van der Waals surface area (Å²) < 4.78 is 44.9. The van der Waals surface area contributed by atoms with Crippen LogP contribution in [0.2, 0.25) is 5.02 Å². The molecule has 1 N–H and O–H groups in total. The van der Waals surface area contributed by atoms with Crippen molar-refractivity contribution in [3.05, 3.63) is 58.9 Å². The van der Waals surface area contributed by atoms with Gasteiger partial charge in [0.05, 0.1) is 12.0 Å². The molecule has 0 aliphatic rings. The summed E-state index contributed by atoms with van der Waals surface area (Å²) in [5.74, 6) is -0.0494. The Morgan fingerprint density at radius 3 is 2.48 bits per heavy atom. The van der Waals surface area contributed by atoms with Crippen molar-refractivity contribution in [3.8, 4) is 5.75 Å². The van der Waals surface area contributed by atoms with Crippen LogP contribution in [0.5, 0.6) is 5.75 Å². The van der Waals surface area contributed by atoms with E-state index in [-0.39, 0.29) is 11.4 Å². The number of rotatable bonds is 5. The lowest BCUT2D eigenvalue weighted by atomic mass is 10.2. The molecule has 4 nitrogen and oxygen atoms in total. The van der Waals surface area contributed by atoms with Gasteiger partial charge in [-0.25, -0.2) is 17.5 Å². The van der Waals surface area contributed by atoms with Crippen LogP contribution in [0.3, 0.4) is 0 Å². The summed E-state index contributed by atoms with van der Waals surface area (Å²) >= 11 is 5.72. The molecule has 21 heavy (non-hydrogen) atoms. The van der Waals surface area contributed by atoms with E-state index in [1.165, 1.54) is 49.6 Å². The first-order valence-corrected chi connectivity index (χ1v) is 7.86. The largest absolute Gasteiger partial charge is 0.496 e. The van der Waals surface area contributed by atoms with Gasteiger partial charge in [0, 0.05) is 17.1 Å². The predicted octanol–water partition coefficient (Wildman–Crippen LogP) is 2.97. The molecule has 112 valence electrons. The van der Waals surface area contributed by atoms with Crippen molar-refractivity contribution < 1.29 is 17.5 Å². The van der Waals surface area contributed by atoms with Crippen molar-refractivity contribution in [1.29, 1.82) is 0 Å². The normalized spacial score (nSPS) is 11.4. The highest BCUT2D eigenvalue weighted by Crippen LogP contribution is 2.20. The molecule has 0 saturated carbocycles. The molecular weight excluding hydrogens is 317 g/mol. The number of sulfonamides is 1. The van der Waals surface area contributed by atoms with Gasteiger partial charge in [0.15, 0.2) is 0 Å². The Labute approximate surface area is 127 Å². The van der Waals surface area contributed by atoms with E-state index >= 15 is 0 Å². The van der Waals surface area contributed by atoms with E-state index in [2.05, 4.69) is 4.72 Å². The summed E-state index contributed by atoms with van der Waals surface area (Å²) in [5.41, 5.74) is 0.412. The van der Waals surface area contributed by atoms with Crippen molar-refractivity contribution in [2.75, 3.05) is 7.11 Å². The maximum atomic E-state index is 13.2. The van der Waals surface area contributed by atoms with Crippen LogP contribution < -0.4 is 9.46 Å². The molecule has 2 aromatic rings. The molecule has 0 aromatic heterocycles. The van der Waals surface area contributed by atoms with Gasteiger partial charge >= 0.3 is 0 Å². The van der Waals surface area contributed by atoms with Gasteiger partial charge in [-0.2, -0.15) is 0 Å². The fourth-order valence-electron chi connectivity index (χ4n) is 1.76. The molecule has 7 heteroatoms. The predicted molar refractivity (Wildman–Crippen MR) is 78.4 cm³/mol. The van der Waals surface area contributed by atoms with E-state index in [1.807, 2.05) is 0 Å². The summed E-state index contributed by atoms with van der Waals surface area (Å²) in [6.07, 6.45) is 0. The Hall–Kier alpha value is -1.63. The van der Waals surface area contributed by atoms with Crippen molar-refractivity contribution in [2.45, 2.75) is 11.4 Å². The van der Waals surface area contributed by atoms with E-state index in [1.54, 1.807) is 0 Å². The third-order valence-corrected chi connectivity index (χ3v) is 4.49. The second-order valence-electron chi connectivity index (χ2n) is 4.23. The number of methoxy groups -OCH3 is 1. The lowest BCUT2D eigenvalue weighted by Gasteiger charge is -2.10. The van der Waals surface area contributed by atoms with Gasteiger partial charge in [-0.3, -0.25) is 0 Å². The summed E-state index contributed by atoms with van der Waals surface area (Å²) in [6.45, 7) is -0.0775. The van der Waals surface area contributed by atoms with Crippen LogP contribution in [-0.2, 0) is 16.6 Å². The average Bonchev–Trinajstić information content (AvgIpc) is 2.46. The summed E-state index contributed by atoms with van der Waals surface area (Å²) in [6, 6.07) is 9.68. The van der Waals surface area contributed by atoms with Gasteiger partial charge in [-0.15, -0.1) is 0 Å². The Morgan fingerprint density at radius 1 is 1.19 bits per heavy atom. The van der Waals surface area contributed by atoms with Gasteiger partial charge in [-0.05, 0) is 42.5 Å². The van der Waals surface area contributed by atoms with Crippen molar-refractivity contribution >= 4 is 21.6 Å². The highest BCUT2D eigenvalue weighted by Gasteiger charge is 2.15. The second-order valence-corrected chi connectivity index (χ2v) is 6.44. The van der Waals surface area contributed by atoms with E-state index in [4.69, 9.17) is 16.3 Å². The van der Waals surface area contributed by atoms with E-state index in [0.29, 0.717) is 16.3 Å². The molecule has 0 spiro atoms. The first-order chi connectivity index (χ1) is 9.92. The SMILES string of the molecule is COc1ccc(F)cc1CNS(=O)(=O)c1ccc(Cl)cc1. The molecular formula is C14H13ClFNO3S. The summed E-state index contributed by atoms with van der Waals surface area (Å²) in [4.78, 5) is 0.0854. The number of nitrogens with one attached hydrogen (secondary N) is 1. The number of hydrogen-bond acceptors (Lipinski definition) is 3. The molecule has 0 aliphatic heterocycles. The van der Waals surface area contributed by atoms with Crippen LogP contribution in [-0.4, -0.2) is 15.5 Å². The molecule has 0 heterocycles. The Morgan fingerprint density at radius 2 is 1.86 bits per heavy atom. The standard InChI is InChI=1S/C14H13ClFNO3S/c1-20-14-7-4-12(16)8-10(14)9-17-21(18,19)13-5-2-11(15)3-6-13/h2-8,17H,9H2,1H3. The minimum atomic E-state index is -3.70. The van der Waals surface area contributed by atoms with Crippen molar-refractivity contribution in [1.82, 2.24) is 4.72 Å². The van der Waals surface area contributed by atoms with Crippen LogP contribution in [0.4, 0.5) is 4.39 Å². The topological polar surface area (TPSA) is 55.4 Å². The zero-order chi connectivity index (χ0) is 15.5. The lowest BCUT2D eigenvalue weighted by Crippen LogP contribution is -2.23. The molecule has 0 saturated heterocycles. The summed E-state index contributed by atoms with van der Waals surface area (Å²) in [5, 5.41) is 0.445. The van der Waals surface area contributed by atoms with E-state index in [0.717, 1.165) is 0 Å². The van der Waals surface area contributed by atoms with Crippen LogP contribution in [0, 0.1) is 5.82 Å². The zero-order valence-corrected chi connectivity index (χ0v) is 12.7. The van der Waals surface area contributed by atoms with Crippen molar-refractivity contribution in [3.63, 3.8) is 0 Å². The molecule has 2 rings (SSSR count). The van der Waals surface area contributed by atoms with Crippen LogP contribution >= 0.6 is 11.6 Å². The molecule has 0 radical (unpaired) electrons. The first kappa shape index (κ1) is 15.8. The maximum absolute atomic E-state index is 13.2. The fourth-order valence-corrected chi connectivity index (χ4v) is 2.89. The zero-order valence-electron chi connectivity index (χ0n) is 11.1. The fraction of sp³-hybridized carbons (Fsp3) is 0.143. The first-order valence-electron chi connectivity index (χ1n) is 6.00. The average molecular weight is 330 g/mol. The molecule has 0 bridgehead atoms. The van der Waals surface area contributed by atoms with Gasteiger partial charge < -0.3 is 4.74 Å². The van der Waals surface area contributed by atoms with Gasteiger partial charge in [0.2, 0.25) is 10.0 Å². The molecule has 0 unspecified atom stereocenters. The van der Waals surface area contributed by atoms with E-state index in [9.17, 15) is 12.8 Å². The van der Waals surface area contributed by atoms with E-state index < -0.39 is 15.8 Å². The summed E-state index contributed by atoms with van der Waals surface area (Å²) in [7, 11) is -2.26. The lowest BCUT2D eigenvalue weighted by molar-refractivity contribution is 0.407. The smallest absolute Gasteiger partial charge is 0.240 e. The highest BCUT2D eigenvalue weighted by atomic mass is 35.5. The molecule has 0 atom stereocenters. The number of ether oxygens (including phenoxy) is 1. The Balaban J connectivity index is 2.19. The number of benzene rings is 2. The maximum Gasteiger partial charge on any atom is 0.240 e. The van der Waals surface area contributed by atoms with Crippen LogP contribution in [0.25, 0.3) is 0 Å². The third-order valence-electron chi connectivity index (χ3n) is 2.82. The monoisotopic (exact) mass is 329 g/mol. The Kier molecular flexibility index (Phi) is 4.82. The minimum absolute atomic E-state index is 0.0775. The van der Waals surface area contributed by atoms with Gasteiger partial charge in [-0.1, -0.05) is 11.6 Å². The second kappa shape index (κ2) is 6.43. The quantitative estimate of drug-likeness (QED) is 0.917. The molecule has 2 aromatic carbocycles. The molecule has 0 amide bonds. The highest BCUT2D eigenvalue weighted by molar-refractivity contribution is 7.89. The molecule has 0 fully saturated rings. The minimum Gasteiger partial charge on any atom is -0.496 e. The third kappa shape index (κ3) is 3.93. The molecule has 0 aliphatic carbocycles. The van der Waals surface area contributed by atoms with Crippen LogP contribution in [0.1, 0.15) is 5.56 Å². The number of halogens is 2. The Bertz CT molecular complexity index is 732.